The second-order valence-electron chi connectivity index (χ2n) is 9.30. The lowest BCUT2D eigenvalue weighted by Crippen LogP contribution is -2.46. The molecule has 1 fully saturated rings. The maximum Gasteiger partial charge on any atom is 0.331 e. The summed E-state index contributed by atoms with van der Waals surface area (Å²) >= 11 is 6.05. The minimum absolute atomic E-state index is 0.0620. The summed E-state index contributed by atoms with van der Waals surface area (Å²) in [5.74, 6) is -1.06. The molecule has 4 atom stereocenters. The number of aromatic hydroxyl groups is 1. The maximum atomic E-state index is 13.0. The van der Waals surface area contributed by atoms with Gasteiger partial charge in [0.25, 0.3) is 5.91 Å². The molecule has 2 aromatic rings. The van der Waals surface area contributed by atoms with Crippen molar-refractivity contribution in [3.8, 4) is 11.5 Å². The number of nitrogens with one attached hydrogen (secondary N) is 1. The van der Waals surface area contributed by atoms with Gasteiger partial charge in [0.15, 0.2) is 23.2 Å². The van der Waals surface area contributed by atoms with Crippen LogP contribution in [0.5, 0.6) is 11.5 Å². The maximum absolute atomic E-state index is 13.0. The summed E-state index contributed by atoms with van der Waals surface area (Å²) in [7, 11) is 1.37. The van der Waals surface area contributed by atoms with Gasteiger partial charge < -0.3 is 24.6 Å². The van der Waals surface area contributed by atoms with Gasteiger partial charge in [0.1, 0.15) is 6.10 Å². The topological polar surface area (TPSA) is 107 Å². The average molecular weight is 505 g/mol. The summed E-state index contributed by atoms with van der Waals surface area (Å²) in [5.41, 5.74) is 0.877. The van der Waals surface area contributed by atoms with Gasteiger partial charge in [-0.2, -0.15) is 0 Å². The first-order valence-corrected chi connectivity index (χ1v) is 12.1. The molecule has 0 spiro atoms. The van der Waals surface area contributed by atoms with Crippen LogP contribution in [0.15, 0.2) is 36.5 Å². The van der Waals surface area contributed by atoms with E-state index < -0.39 is 23.7 Å². The molecule has 1 aromatic carbocycles. The van der Waals surface area contributed by atoms with Crippen molar-refractivity contribution in [3.05, 3.63) is 52.8 Å². The van der Waals surface area contributed by atoms with Crippen LogP contribution >= 0.6 is 11.6 Å². The number of aromatic nitrogens is 1. The van der Waals surface area contributed by atoms with E-state index in [0.717, 1.165) is 18.4 Å². The first-order chi connectivity index (χ1) is 16.7. The van der Waals surface area contributed by atoms with Gasteiger partial charge in [-0.15, -0.1) is 0 Å². The molecule has 2 heterocycles. The van der Waals surface area contributed by atoms with Gasteiger partial charge in [-0.3, -0.25) is 4.79 Å². The minimum Gasteiger partial charge on any atom is -0.503 e. The predicted molar refractivity (Wildman–Crippen MR) is 132 cm³/mol. The van der Waals surface area contributed by atoms with Crippen LogP contribution in [0.25, 0.3) is 0 Å². The summed E-state index contributed by atoms with van der Waals surface area (Å²) in [6.45, 7) is 6.50. The standard InChI is InChI=1S/C26H33ClN2O6/c1-15(2)11-20-16(3)35-26(32)21(29-25(31)23-24(30)22(33-4)9-10-28-23)14-34-13-18(20)12-17-5-7-19(27)8-6-17/h5-10,15-16,18,20-21,30H,11-14H2,1-4H3,(H,29,31)/t16-,18-,20-,21-/m0/s1. The zero-order valence-corrected chi connectivity index (χ0v) is 21.2. The van der Waals surface area contributed by atoms with Crippen molar-refractivity contribution in [2.45, 2.75) is 45.8 Å². The van der Waals surface area contributed by atoms with Crippen LogP contribution in [0.2, 0.25) is 5.02 Å². The molecule has 0 saturated carbocycles. The number of rotatable bonds is 7. The van der Waals surface area contributed by atoms with E-state index in [1.165, 1.54) is 19.4 Å². The molecule has 2 N–H and O–H groups in total. The number of cyclic esters (lactones) is 1. The van der Waals surface area contributed by atoms with Crippen molar-refractivity contribution in [3.63, 3.8) is 0 Å². The molecule has 1 saturated heterocycles. The molecular formula is C26H33ClN2O6. The second kappa shape index (κ2) is 12.2. The van der Waals surface area contributed by atoms with Crippen LogP contribution in [-0.2, 0) is 20.7 Å². The summed E-state index contributed by atoms with van der Waals surface area (Å²) < 4.78 is 16.8. The van der Waals surface area contributed by atoms with Crippen LogP contribution in [0.3, 0.4) is 0 Å². The van der Waals surface area contributed by atoms with Gasteiger partial charge in [-0.25, -0.2) is 9.78 Å². The summed E-state index contributed by atoms with van der Waals surface area (Å²) in [6.07, 6.45) is 2.56. The number of halogens is 1. The van der Waals surface area contributed by atoms with Gasteiger partial charge in [0.2, 0.25) is 0 Å². The van der Waals surface area contributed by atoms with Crippen molar-refractivity contribution in [2.24, 2.45) is 17.8 Å². The SMILES string of the molecule is COc1ccnc(C(=O)N[C@H]2COC[C@H](Cc3ccc(Cl)cc3)[C@@H](CC(C)C)[C@H](C)OC2=O)c1O. The number of methoxy groups -OCH3 is 1. The van der Waals surface area contributed by atoms with Gasteiger partial charge >= 0.3 is 5.97 Å². The third-order valence-corrected chi connectivity index (χ3v) is 6.45. The van der Waals surface area contributed by atoms with Crippen LogP contribution in [0.1, 0.15) is 43.2 Å². The first kappa shape index (κ1) is 26.8. The van der Waals surface area contributed by atoms with E-state index in [1.54, 1.807) is 0 Å². The fourth-order valence-electron chi connectivity index (χ4n) is 4.42. The van der Waals surface area contributed by atoms with Crippen molar-refractivity contribution < 1.29 is 28.9 Å². The molecule has 0 aliphatic carbocycles. The zero-order valence-electron chi connectivity index (χ0n) is 20.5. The Balaban J connectivity index is 1.78. The van der Waals surface area contributed by atoms with E-state index in [4.69, 9.17) is 25.8 Å². The Morgan fingerprint density at radius 2 is 1.97 bits per heavy atom. The molecule has 35 heavy (non-hydrogen) atoms. The molecule has 1 aliphatic heterocycles. The highest BCUT2D eigenvalue weighted by Gasteiger charge is 2.35. The lowest BCUT2D eigenvalue weighted by Gasteiger charge is -2.32. The number of carbonyl (C=O) groups excluding carboxylic acids is 2. The van der Waals surface area contributed by atoms with E-state index in [-0.39, 0.29) is 36.0 Å². The van der Waals surface area contributed by atoms with Crippen molar-refractivity contribution in [2.75, 3.05) is 20.3 Å². The quantitative estimate of drug-likeness (QED) is 0.548. The molecule has 190 valence electrons. The van der Waals surface area contributed by atoms with Crippen molar-refractivity contribution in [1.29, 1.82) is 0 Å². The minimum atomic E-state index is -1.05. The monoisotopic (exact) mass is 504 g/mol. The second-order valence-corrected chi connectivity index (χ2v) is 9.74. The number of pyridine rings is 1. The third-order valence-electron chi connectivity index (χ3n) is 6.19. The van der Waals surface area contributed by atoms with Gasteiger partial charge in [-0.1, -0.05) is 37.6 Å². The normalized spacial score (nSPS) is 23.1. The largest absolute Gasteiger partial charge is 0.503 e. The molecule has 1 aliphatic rings. The molecule has 8 nitrogen and oxygen atoms in total. The van der Waals surface area contributed by atoms with Crippen LogP contribution in [0, 0.1) is 17.8 Å². The number of ether oxygens (including phenoxy) is 3. The van der Waals surface area contributed by atoms with E-state index in [1.807, 2.05) is 31.2 Å². The Morgan fingerprint density at radius 1 is 1.26 bits per heavy atom. The summed E-state index contributed by atoms with van der Waals surface area (Å²) in [4.78, 5) is 29.7. The van der Waals surface area contributed by atoms with Crippen LogP contribution < -0.4 is 10.1 Å². The van der Waals surface area contributed by atoms with Gasteiger partial charge in [0.05, 0.1) is 20.3 Å². The smallest absolute Gasteiger partial charge is 0.331 e. The number of hydrogen-bond donors (Lipinski definition) is 2. The van der Waals surface area contributed by atoms with Crippen molar-refractivity contribution in [1.82, 2.24) is 10.3 Å². The van der Waals surface area contributed by atoms with E-state index >= 15 is 0 Å². The van der Waals surface area contributed by atoms with E-state index in [0.29, 0.717) is 17.5 Å². The molecule has 0 radical (unpaired) electrons. The highest BCUT2D eigenvalue weighted by Crippen LogP contribution is 2.31. The number of amides is 1. The van der Waals surface area contributed by atoms with Crippen molar-refractivity contribution >= 4 is 23.5 Å². The average Bonchev–Trinajstić information content (AvgIpc) is 2.86. The molecule has 3 rings (SSSR count). The first-order valence-electron chi connectivity index (χ1n) is 11.7. The van der Waals surface area contributed by atoms with Gasteiger partial charge in [-0.05, 0) is 49.3 Å². The van der Waals surface area contributed by atoms with Crippen LogP contribution in [-0.4, -0.2) is 54.4 Å². The molecule has 9 heteroatoms. The number of esters is 1. The number of nitrogens with zero attached hydrogens (tertiary/aromatic N) is 1. The van der Waals surface area contributed by atoms with Crippen LogP contribution in [0.4, 0.5) is 0 Å². The Kier molecular flexibility index (Phi) is 9.34. The highest BCUT2D eigenvalue weighted by atomic mass is 35.5. The van der Waals surface area contributed by atoms with E-state index in [2.05, 4.69) is 24.1 Å². The lowest BCUT2D eigenvalue weighted by molar-refractivity contribution is -0.154. The lowest BCUT2D eigenvalue weighted by atomic mass is 9.79. The molecule has 1 aromatic heterocycles. The molecule has 0 bridgehead atoms. The third kappa shape index (κ3) is 7.08. The summed E-state index contributed by atoms with van der Waals surface area (Å²) in [6, 6.07) is 8.10. The Labute approximate surface area is 210 Å². The fraction of sp³-hybridized carbons (Fsp3) is 0.500. The highest BCUT2D eigenvalue weighted by molar-refractivity contribution is 6.30. The zero-order chi connectivity index (χ0) is 25.5. The molecule has 0 unspecified atom stereocenters. The Hall–Kier alpha value is -2.84. The predicted octanol–water partition coefficient (Wildman–Crippen LogP) is 4.03. The van der Waals surface area contributed by atoms with Gasteiger partial charge in [0, 0.05) is 23.2 Å². The summed E-state index contributed by atoms with van der Waals surface area (Å²) in [5, 5.41) is 13.5. The fourth-order valence-corrected chi connectivity index (χ4v) is 4.55. The van der Waals surface area contributed by atoms with E-state index in [9.17, 15) is 14.7 Å². The number of carbonyl (C=O) groups is 2. The Morgan fingerprint density at radius 3 is 2.63 bits per heavy atom. The number of hydrogen-bond acceptors (Lipinski definition) is 7. The molecule has 1 amide bonds. The number of benzene rings is 1. The molecular weight excluding hydrogens is 472 g/mol. The Bertz CT molecular complexity index is 1010.